The quantitative estimate of drug-likeness (QED) is 0.0604. The lowest BCUT2D eigenvalue weighted by Crippen LogP contribution is -2.60. The Morgan fingerprint density at radius 1 is 0.743 bits per heavy atom. The minimum absolute atomic E-state index is 0.0210. The Bertz CT molecular complexity index is 498. The lowest BCUT2D eigenvalue weighted by molar-refractivity contribution is -0.555. The third-order valence-corrected chi connectivity index (χ3v) is 6.58. The van der Waals surface area contributed by atoms with Crippen LogP contribution in [0, 0.1) is 17.3 Å². The van der Waals surface area contributed by atoms with Crippen LogP contribution in [0.15, 0.2) is 0 Å². The number of hydrogen-bond acceptors (Lipinski definition) is 6. The van der Waals surface area contributed by atoms with Crippen LogP contribution in [0.2, 0.25) is 0 Å². The molecule has 0 amide bonds. The van der Waals surface area contributed by atoms with Crippen LogP contribution in [0.3, 0.4) is 0 Å². The van der Waals surface area contributed by atoms with Crippen molar-refractivity contribution in [1.29, 1.82) is 0 Å². The van der Waals surface area contributed by atoms with E-state index in [2.05, 4.69) is 62.3 Å². The van der Waals surface area contributed by atoms with E-state index in [1.165, 1.54) is 0 Å². The van der Waals surface area contributed by atoms with Crippen LogP contribution >= 0.6 is 0 Å². The molecule has 0 saturated heterocycles. The van der Waals surface area contributed by atoms with E-state index >= 15 is 0 Å². The summed E-state index contributed by atoms with van der Waals surface area (Å²) in [5.41, 5.74) is -0.823. The molecule has 0 aliphatic heterocycles. The van der Waals surface area contributed by atoms with Crippen molar-refractivity contribution in [2.45, 2.75) is 152 Å². The van der Waals surface area contributed by atoms with Crippen molar-refractivity contribution >= 4 is 0 Å². The Labute approximate surface area is 218 Å². The fraction of sp³-hybridized carbons (Fsp3) is 1.00. The van der Waals surface area contributed by atoms with Gasteiger partial charge in [0.05, 0.1) is 30.8 Å². The highest BCUT2D eigenvalue weighted by Gasteiger charge is 2.58. The predicted molar refractivity (Wildman–Crippen MR) is 144 cm³/mol. The van der Waals surface area contributed by atoms with Crippen LogP contribution in [0.1, 0.15) is 128 Å². The molecule has 0 spiro atoms. The lowest BCUT2D eigenvalue weighted by Gasteiger charge is -2.48. The molecule has 6 heteroatoms. The zero-order valence-corrected chi connectivity index (χ0v) is 25.1. The first-order valence-corrected chi connectivity index (χ1v) is 14.4. The fourth-order valence-corrected chi connectivity index (χ4v) is 3.44. The van der Waals surface area contributed by atoms with E-state index in [-0.39, 0.29) is 12.2 Å². The van der Waals surface area contributed by atoms with E-state index in [0.717, 1.165) is 51.4 Å². The predicted octanol–water partition coefficient (Wildman–Crippen LogP) is 8.28. The van der Waals surface area contributed by atoms with Gasteiger partial charge in [-0.05, 0) is 65.2 Å². The summed E-state index contributed by atoms with van der Waals surface area (Å²) in [4.78, 5) is 12.0. The van der Waals surface area contributed by atoms with Gasteiger partial charge in [-0.3, -0.25) is 0 Å². The Morgan fingerprint density at radius 2 is 1.43 bits per heavy atom. The molecule has 0 heterocycles. The van der Waals surface area contributed by atoms with Gasteiger partial charge >= 0.3 is 5.97 Å². The van der Waals surface area contributed by atoms with Gasteiger partial charge in [-0.2, -0.15) is 4.89 Å². The molecule has 212 valence electrons. The van der Waals surface area contributed by atoms with E-state index in [9.17, 15) is 0 Å². The maximum Gasteiger partial charge on any atom is 0.322 e. The van der Waals surface area contributed by atoms with Gasteiger partial charge in [0.25, 0.3) is 0 Å². The van der Waals surface area contributed by atoms with Crippen molar-refractivity contribution in [3.05, 3.63) is 0 Å². The summed E-state index contributed by atoms with van der Waals surface area (Å²) in [6.07, 6.45) is 7.21. The Balaban J connectivity index is 6.21. The molecule has 0 rings (SSSR count). The molecule has 0 radical (unpaired) electrons. The average molecular weight is 505 g/mol. The van der Waals surface area contributed by atoms with Gasteiger partial charge in [0.1, 0.15) is 0 Å². The van der Waals surface area contributed by atoms with E-state index in [1.54, 1.807) is 0 Å². The zero-order valence-electron chi connectivity index (χ0n) is 25.1. The van der Waals surface area contributed by atoms with Crippen LogP contribution < -0.4 is 0 Å². The van der Waals surface area contributed by atoms with Gasteiger partial charge in [-0.15, -0.1) is 0 Å². The molecule has 6 nitrogen and oxygen atoms in total. The van der Waals surface area contributed by atoms with Crippen molar-refractivity contribution in [1.82, 2.24) is 0 Å². The summed E-state index contributed by atoms with van der Waals surface area (Å²) in [7, 11) is 0. The minimum atomic E-state index is -1.48. The minimum Gasteiger partial charge on any atom is -0.352 e. The second-order valence-electron chi connectivity index (χ2n) is 11.2. The topological polar surface area (TPSA) is 55.4 Å². The standard InChI is InChI=1S/C29H60O6/c1-12-16-17-20-30-27(33-25(8)15-4)28(10,11)29(31-22-24(7)14-3,34-26(9)18-13-2)35-32-21-19-23(5)6/h23-27H,12-22H2,1-11H3. The molecule has 0 aromatic rings. The normalized spacial score (nSPS) is 17.8. The second kappa shape index (κ2) is 18.9. The summed E-state index contributed by atoms with van der Waals surface area (Å²) in [5.74, 6) is -0.635. The van der Waals surface area contributed by atoms with E-state index in [4.69, 9.17) is 28.7 Å². The molecule has 0 saturated carbocycles. The van der Waals surface area contributed by atoms with Crippen molar-refractivity contribution < 1.29 is 28.7 Å². The van der Waals surface area contributed by atoms with Gasteiger partial charge in [0, 0.05) is 6.61 Å². The molecule has 0 bridgehead atoms. The molecule has 0 fully saturated rings. The molecule has 0 aliphatic rings. The summed E-state index contributed by atoms with van der Waals surface area (Å²) >= 11 is 0. The first-order chi connectivity index (χ1) is 16.5. The third-order valence-electron chi connectivity index (χ3n) is 6.58. The molecule has 0 aromatic heterocycles. The summed E-state index contributed by atoms with van der Waals surface area (Å²) < 4.78 is 26.0. The van der Waals surface area contributed by atoms with Crippen LogP contribution in [0.4, 0.5) is 0 Å². The Hall–Kier alpha value is -0.240. The van der Waals surface area contributed by atoms with Gasteiger partial charge in [0.2, 0.25) is 0 Å². The highest BCUT2D eigenvalue weighted by molar-refractivity contribution is 4.86. The Morgan fingerprint density at radius 3 is 1.97 bits per heavy atom. The SMILES string of the molecule is CCCCCOC(OC(C)CC)C(C)(C)C(OCC(C)CC)(OOCCC(C)C)OC(C)CCC. The maximum absolute atomic E-state index is 6.64. The third kappa shape index (κ3) is 13.2. The summed E-state index contributed by atoms with van der Waals surface area (Å²) in [5, 5.41) is 0. The van der Waals surface area contributed by atoms with E-state index in [0.29, 0.717) is 31.7 Å². The highest BCUT2D eigenvalue weighted by atomic mass is 17.3. The van der Waals surface area contributed by atoms with Crippen LogP contribution in [0.5, 0.6) is 0 Å². The molecule has 35 heavy (non-hydrogen) atoms. The molecular formula is C29H60O6. The van der Waals surface area contributed by atoms with Crippen LogP contribution in [-0.4, -0.2) is 44.3 Å². The van der Waals surface area contributed by atoms with Crippen molar-refractivity contribution in [3.63, 3.8) is 0 Å². The largest absolute Gasteiger partial charge is 0.352 e. The number of rotatable bonds is 23. The highest BCUT2D eigenvalue weighted by Crippen LogP contribution is 2.44. The molecule has 5 atom stereocenters. The number of ether oxygens (including phenoxy) is 4. The van der Waals surface area contributed by atoms with E-state index in [1.807, 2.05) is 13.8 Å². The van der Waals surface area contributed by atoms with Crippen LogP contribution in [-0.2, 0) is 28.7 Å². The lowest BCUT2D eigenvalue weighted by atomic mass is 9.88. The Kier molecular flexibility index (Phi) is 18.8. The summed E-state index contributed by atoms with van der Waals surface area (Å²) in [6.45, 7) is 24.9. The van der Waals surface area contributed by atoms with E-state index < -0.39 is 17.7 Å². The number of hydrogen-bond donors (Lipinski definition) is 0. The van der Waals surface area contributed by atoms with Gasteiger partial charge in [0.15, 0.2) is 6.29 Å². The second-order valence-corrected chi connectivity index (χ2v) is 11.2. The first kappa shape index (κ1) is 34.8. The molecule has 0 N–H and O–H groups in total. The number of unbranched alkanes of at least 4 members (excludes halogenated alkanes) is 2. The smallest absolute Gasteiger partial charge is 0.322 e. The average Bonchev–Trinajstić information content (AvgIpc) is 2.81. The van der Waals surface area contributed by atoms with Gasteiger partial charge in [-0.1, -0.05) is 74.1 Å². The molecule has 5 unspecified atom stereocenters. The monoisotopic (exact) mass is 504 g/mol. The molecule has 0 aromatic carbocycles. The first-order valence-electron chi connectivity index (χ1n) is 14.4. The van der Waals surface area contributed by atoms with Crippen molar-refractivity contribution in [2.24, 2.45) is 17.3 Å². The molecular weight excluding hydrogens is 444 g/mol. The van der Waals surface area contributed by atoms with Crippen molar-refractivity contribution in [3.8, 4) is 0 Å². The van der Waals surface area contributed by atoms with Gasteiger partial charge in [-0.25, -0.2) is 4.89 Å². The van der Waals surface area contributed by atoms with Gasteiger partial charge < -0.3 is 18.9 Å². The fourth-order valence-electron chi connectivity index (χ4n) is 3.44. The summed E-state index contributed by atoms with van der Waals surface area (Å²) in [6, 6.07) is 0. The molecule has 0 aliphatic carbocycles. The zero-order chi connectivity index (χ0) is 26.9. The maximum atomic E-state index is 6.64. The van der Waals surface area contributed by atoms with Crippen LogP contribution in [0.25, 0.3) is 0 Å². The van der Waals surface area contributed by atoms with Crippen molar-refractivity contribution in [2.75, 3.05) is 19.8 Å².